The first-order valence-corrected chi connectivity index (χ1v) is 10.5. The minimum Gasteiger partial charge on any atom is -0.490 e. The number of amides is 1. The number of nitrogens with one attached hydrogen (secondary N) is 1. The molecular formula is C23H26N2O5. The third kappa shape index (κ3) is 4.16. The predicted molar refractivity (Wildman–Crippen MR) is 112 cm³/mol. The van der Waals surface area contributed by atoms with Gasteiger partial charge in [-0.25, -0.2) is 0 Å². The minimum atomic E-state index is -0.139. The lowest BCUT2D eigenvalue weighted by molar-refractivity contribution is -0.118. The van der Waals surface area contributed by atoms with Gasteiger partial charge in [-0.05, 0) is 49.6 Å². The number of aryl methyl sites for hydroxylation is 1. The van der Waals surface area contributed by atoms with E-state index >= 15 is 0 Å². The van der Waals surface area contributed by atoms with Crippen molar-refractivity contribution in [2.75, 3.05) is 38.2 Å². The average Bonchev–Trinajstić information content (AvgIpc) is 2.74. The van der Waals surface area contributed by atoms with Crippen molar-refractivity contribution in [1.82, 2.24) is 4.90 Å². The fraction of sp³-hybridized carbons (Fsp3) is 0.435. The molecule has 1 unspecified atom stereocenters. The van der Waals surface area contributed by atoms with Gasteiger partial charge in [-0.1, -0.05) is 6.07 Å². The van der Waals surface area contributed by atoms with Crippen LogP contribution in [0.15, 0.2) is 36.4 Å². The molecule has 0 aliphatic carbocycles. The summed E-state index contributed by atoms with van der Waals surface area (Å²) in [5.41, 5.74) is 1.84. The maximum atomic E-state index is 11.5. The smallest absolute Gasteiger partial charge is 0.262 e. The summed E-state index contributed by atoms with van der Waals surface area (Å²) >= 11 is 0. The highest BCUT2D eigenvalue weighted by atomic mass is 16.6. The van der Waals surface area contributed by atoms with Crippen LogP contribution < -0.4 is 24.3 Å². The zero-order valence-corrected chi connectivity index (χ0v) is 17.1. The Labute approximate surface area is 175 Å². The third-order valence-corrected chi connectivity index (χ3v) is 5.70. The number of carbonyl (C=O) groups is 1. The molecule has 3 aliphatic rings. The van der Waals surface area contributed by atoms with Gasteiger partial charge in [0, 0.05) is 25.7 Å². The molecule has 3 heterocycles. The first kappa shape index (κ1) is 19.1. The van der Waals surface area contributed by atoms with E-state index in [1.54, 1.807) is 0 Å². The Bertz CT molecular complexity index is 939. The Morgan fingerprint density at radius 2 is 1.90 bits per heavy atom. The number of piperidine rings is 1. The summed E-state index contributed by atoms with van der Waals surface area (Å²) in [6.45, 7) is 5.46. The van der Waals surface area contributed by atoms with Gasteiger partial charge in [0.2, 0.25) is 0 Å². The quantitative estimate of drug-likeness (QED) is 0.836. The molecule has 2 aromatic carbocycles. The number of ether oxygens (including phenoxy) is 4. The zero-order chi connectivity index (χ0) is 20.5. The van der Waals surface area contributed by atoms with Gasteiger partial charge in [-0.15, -0.1) is 0 Å². The van der Waals surface area contributed by atoms with Crippen LogP contribution in [0.4, 0.5) is 5.69 Å². The second-order valence-electron chi connectivity index (χ2n) is 8.11. The van der Waals surface area contributed by atoms with Crippen LogP contribution in [0.3, 0.4) is 0 Å². The molecule has 1 fully saturated rings. The lowest BCUT2D eigenvalue weighted by Crippen LogP contribution is -2.45. The molecule has 1 saturated heterocycles. The number of carbonyl (C=O) groups excluding carboxylic acids is 1. The van der Waals surface area contributed by atoms with Crippen LogP contribution in [-0.4, -0.2) is 55.9 Å². The molecule has 1 N–H and O–H groups in total. The van der Waals surface area contributed by atoms with E-state index in [4.69, 9.17) is 18.9 Å². The Kier molecular flexibility index (Phi) is 5.12. The predicted octanol–water partition coefficient (Wildman–Crippen LogP) is 3.01. The molecule has 5 rings (SSSR count). The first-order chi connectivity index (χ1) is 14.6. The first-order valence-electron chi connectivity index (χ1n) is 10.5. The number of anilines is 1. The van der Waals surface area contributed by atoms with Crippen LogP contribution in [0.2, 0.25) is 0 Å². The molecule has 30 heavy (non-hydrogen) atoms. The fourth-order valence-electron chi connectivity index (χ4n) is 4.14. The van der Waals surface area contributed by atoms with Gasteiger partial charge in [0.1, 0.15) is 30.3 Å². The van der Waals surface area contributed by atoms with Gasteiger partial charge >= 0.3 is 0 Å². The number of benzene rings is 2. The highest BCUT2D eigenvalue weighted by Crippen LogP contribution is 2.34. The molecule has 7 nitrogen and oxygen atoms in total. The molecule has 0 bridgehead atoms. The summed E-state index contributed by atoms with van der Waals surface area (Å²) < 4.78 is 23.6. The topological polar surface area (TPSA) is 69.3 Å². The Balaban J connectivity index is 1.12. The molecule has 1 atom stereocenters. The Morgan fingerprint density at radius 1 is 1.07 bits per heavy atom. The van der Waals surface area contributed by atoms with E-state index in [0.29, 0.717) is 18.0 Å². The summed E-state index contributed by atoms with van der Waals surface area (Å²) in [7, 11) is 0. The van der Waals surface area contributed by atoms with Gasteiger partial charge in [-0.2, -0.15) is 0 Å². The van der Waals surface area contributed by atoms with E-state index in [-0.39, 0.29) is 24.7 Å². The summed E-state index contributed by atoms with van der Waals surface area (Å²) in [6.07, 6.45) is 2.10. The van der Waals surface area contributed by atoms with Crippen LogP contribution in [-0.2, 0) is 4.79 Å². The molecule has 3 aliphatic heterocycles. The molecular weight excluding hydrogens is 384 g/mol. The summed E-state index contributed by atoms with van der Waals surface area (Å²) in [6, 6.07) is 11.6. The number of rotatable bonds is 4. The van der Waals surface area contributed by atoms with E-state index in [1.807, 2.05) is 36.4 Å². The second kappa shape index (κ2) is 8.07. The Morgan fingerprint density at radius 3 is 2.77 bits per heavy atom. The van der Waals surface area contributed by atoms with Crippen molar-refractivity contribution in [2.24, 2.45) is 0 Å². The van der Waals surface area contributed by atoms with E-state index in [1.165, 1.54) is 5.56 Å². The second-order valence-corrected chi connectivity index (χ2v) is 8.11. The van der Waals surface area contributed by atoms with Crippen LogP contribution in [0.25, 0.3) is 0 Å². The molecule has 2 aromatic rings. The molecule has 0 radical (unpaired) electrons. The van der Waals surface area contributed by atoms with E-state index < -0.39 is 0 Å². The van der Waals surface area contributed by atoms with Crippen LogP contribution in [0.5, 0.6) is 23.0 Å². The number of likely N-dealkylation sites (tertiary alicyclic amines) is 1. The fourth-order valence-corrected chi connectivity index (χ4v) is 4.14. The third-order valence-electron chi connectivity index (χ3n) is 5.70. The van der Waals surface area contributed by atoms with Gasteiger partial charge in [0.05, 0.1) is 5.69 Å². The van der Waals surface area contributed by atoms with Gasteiger partial charge < -0.3 is 24.3 Å². The van der Waals surface area contributed by atoms with Crippen molar-refractivity contribution in [3.63, 3.8) is 0 Å². The van der Waals surface area contributed by atoms with Crippen LogP contribution in [0.1, 0.15) is 18.4 Å². The highest BCUT2D eigenvalue weighted by molar-refractivity contribution is 5.95. The summed E-state index contributed by atoms with van der Waals surface area (Å²) in [4.78, 5) is 13.9. The van der Waals surface area contributed by atoms with Crippen LogP contribution in [0, 0.1) is 6.92 Å². The SMILES string of the molecule is Cc1ccc2c(c1)OC(CN1CCC(Oc3ccc4c(c3)NC(=O)CO4)CC1)CO2. The molecule has 0 spiro atoms. The minimum absolute atomic E-state index is 0.0426. The van der Waals surface area contributed by atoms with Gasteiger partial charge in [0.25, 0.3) is 5.91 Å². The van der Waals surface area contributed by atoms with Crippen molar-refractivity contribution < 1.29 is 23.7 Å². The largest absolute Gasteiger partial charge is 0.490 e. The van der Waals surface area contributed by atoms with Gasteiger partial charge in [0.15, 0.2) is 18.1 Å². The van der Waals surface area contributed by atoms with Crippen molar-refractivity contribution in [3.05, 3.63) is 42.0 Å². The van der Waals surface area contributed by atoms with Crippen molar-refractivity contribution in [3.8, 4) is 23.0 Å². The number of fused-ring (bicyclic) bond motifs is 2. The maximum absolute atomic E-state index is 11.5. The summed E-state index contributed by atoms with van der Waals surface area (Å²) in [5, 5.41) is 2.82. The molecule has 0 aromatic heterocycles. The zero-order valence-electron chi connectivity index (χ0n) is 17.1. The lowest BCUT2D eigenvalue weighted by atomic mass is 10.1. The molecule has 0 saturated carbocycles. The van der Waals surface area contributed by atoms with Crippen molar-refractivity contribution >= 4 is 11.6 Å². The van der Waals surface area contributed by atoms with Crippen molar-refractivity contribution in [2.45, 2.75) is 32.0 Å². The highest BCUT2D eigenvalue weighted by Gasteiger charge is 2.27. The van der Waals surface area contributed by atoms with E-state index in [0.717, 1.165) is 49.7 Å². The van der Waals surface area contributed by atoms with E-state index in [9.17, 15) is 4.79 Å². The van der Waals surface area contributed by atoms with Crippen LogP contribution >= 0.6 is 0 Å². The van der Waals surface area contributed by atoms with E-state index in [2.05, 4.69) is 17.1 Å². The molecule has 7 heteroatoms. The van der Waals surface area contributed by atoms with Gasteiger partial charge in [-0.3, -0.25) is 9.69 Å². The summed E-state index contributed by atoms with van der Waals surface area (Å²) in [5.74, 6) is 2.97. The molecule has 1 amide bonds. The number of hydrogen-bond acceptors (Lipinski definition) is 6. The molecule has 158 valence electrons. The Hall–Kier alpha value is -2.93. The lowest BCUT2D eigenvalue weighted by Gasteiger charge is -2.35. The maximum Gasteiger partial charge on any atom is 0.262 e. The standard InChI is InChI=1S/C23H26N2O5/c1-15-2-4-21-22(10-15)30-18(13-27-21)12-25-8-6-16(7-9-25)29-17-3-5-20-19(11-17)24-23(26)14-28-20/h2-5,10-11,16,18H,6-9,12-14H2,1H3,(H,24,26). The number of hydrogen-bond donors (Lipinski definition) is 1. The number of nitrogens with zero attached hydrogens (tertiary/aromatic N) is 1. The normalized spacial score (nSPS) is 21.4. The monoisotopic (exact) mass is 410 g/mol. The van der Waals surface area contributed by atoms with Crippen molar-refractivity contribution in [1.29, 1.82) is 0 Å². The average molecular weight is 410 g/mol.